The van der Waals surface area contributed by atoms with E-state index in [4.69, 9.17) is 0 Å². The second kappa shape index (κ2) is 6.85. The fourth-order valence-corrected chi connectivity index (χ4v) is 4.72. The van der Waals surface area contributed by atoms with E-state index in [2.05, 4.69) is 37.4 Å². The lowest BCUT2D eigenvalue weighted by Gasteiger charge is -2.29. The maximum absolute atomic E-state index is 12.9. The smallest absolute Gasteiger partial charge is 0.255 e. The van der Waals surface area contributed by atoms with Gasteiger partial charge in [0.1, 0.15) is 6.04 Å². The van der Waals surface area contributed by atoms with Gasteiger partial charge in [-0.3, -0.25) is 19.7 Å². The first-order valence-corrected chi connectivity index (χ1v) is 9.77. The molecule has 2 aromatic rings. The van der Waals surface area contributed by atoms with Gasteiger partial charge in [0.2, 0.25) is 11.8 Å². The Morgan fingerprint density at radius 2 is 1.89 bits per heavy atom. The van der Waals surface area contributed by atoms with Crippen LogP contribution in [-0.2, 0) is 16.1 Å². The van der Waals surface area contributed by atoms with Gasteiger partial charge in [-0.15, -0.1) is 0 Å². The van der Waals surface area contributed by atoms with Crippen molar-refractivity contribution in [3.05, 3.63) is 58.7 Å². The maximum Gasteiger partial charge on any atom is 0.255 e. The fourth-order valence-electron chi connectivity index (χ4n) is 3.69. The number of carbonyl (C=O) groups is 3. The molecule has 138 valence electrons. The largest absolute Gasteiger partial charge is 0.322 e. The Morgan fingerprint density at radius 3 is 2.63 bits per heavy atom. The summed E-state index contributed by atoms with van der Waals surface area (Å²) in [6, 6.07) is 11.5. The molecule has 2 heterocycles. The molecule has 2 aliphatic heterocycles. The van der Waals surface area contributed by atoms with E-state index >= 15 is 0 Å². The lowest BCUT2D eigenvalue weighted by atomic mass is 10.0. The third kappa shape index (κ3) is 3.25. The minimum atomic E-state index is -0.582. The van der Waals surface area contributed by atoms with Crippen molar-refractivity contribution in [1.29, 1.82) is 0 Å². The molecule has 0 saturated carbocycles. The van der Waals surface area contributed by atoms with Crippen molar-refractivity contribution in [2.45, 2.75) is 49.1 Å². The summed E-state index contributed by atoms with van der Waals surface area (Å²) in [5.41, 5.74) is 4.02. The molecule has 4 rings (SSSR count). The lowest BCUT2D eigenvalue weighted by Crippen LogP contribution is -2.52. The number of hydrogen-bond acceptors (Lipinski definition) is 4. The van der Waals surface area contributed by atoms with E-state index in [0.717, 1.165) is 15.4 Å². The van der Waals surface area contributed by atoms with Gasteiger partial charge in [-0.25, -0.2) is 0 Å². The molecule has 0 bridgehead atoms. The number of benzene rings is 2. The predicted molar refractivity (Wildman–Crippen MR) is 103 cm³/mol. The Bertz CT molecular complexity index is 970. The van der Waals surface area contributed by atoms with E-state index in [9.17, 15) is 14.4 Å². The summed E-state index contributed by atoms with van der Waals surface area (Å²) in [6.45, 7) is 4.55. The van der Waals surface area contributed by atoms with Crippen LogP contribution in [0, 0.1) is 13.8 Å². The molecule has 1 unspecified atom stereocenters. The van der Waals surface area contributed by atoms with Crippen molar-refractivity contribution in [3.8, 4) is 0 Å². The normalized spacial score (nSPS) is 19.3. The zero-order chi connectivity index (χ0) is 19.1. The minimum absolute atomic E-state index is 0.137. The summed E-state index contributed by atoms with van der Waals surface area (Å²) in [4.78, 5) is 40.3. The van der Waals surface area contributed by atoms with Gasteiger partial charge in [-0.05, 0) is 49.6 Å². The minimum Gasteiger partial charge on any atom is -0.322 e. The van der Waals surface area contributed by atoms with Crippen LogP contribution in [0.1, 0.15) is 39.9 Å². The van der Waals surface area contributed by atoms with Crippen LogP contribution in [-0.4, -0.2) is 28.7 Å². The third-order valence-electron chi connectivity index (χ3n) is 5.09. The Hall–Kier alpha value is -2.60. The molecular weight excluding hydrogens is 360 g/mol. The number of aryl methyl sites for hydroxylation is 2. The zero-order valence-corrected chi connectivity index (χ0v) is 16.1. The van der Waals surface area contributed by atoms with Gasteiger partial charge >= 0.3 is 0 Å². The molecule has 0 radical (unpaired) electrons. The molecule has 1 N–H and O–H groups in total. The molecule has 2 aromatic carbocycles. The van der Waals surface area contributed by atoms with E-state index < -0.39 is 6.04 Å². The highest BCUT2D eigenvalue weighted by atomic mass is 32.2. The first kappa shape index (κ1) is 17.8. The van der Waals surface area contributed by atoms with Crippen LogP contribution in [0.5, 0.6) is 0 Å². The van der Waals surface area contributed by atoms with Gasteiger partial charge in [0.15, 0.2) is 0 Å². The van der Waals surface area contributed by atoms with E-state index in [1.54, 1.807) is 16.7 Å². The molecule has 1 saturated heterocycles. The maximum atomic E-state index is 12.9. The SMILES string of the molecule is Cc1ccc(Sc2cccc3c2CN(C2CCC(=O)NC2=O)C3=O)c(C)c1. The summed E-state index contributed by atoms with van der Waals surface area (Å²) < 4.78 is 0. The topological polar surface area (TPSA) is 66.5 Å². The van der Waals surface area contributed by atoms with E-state index in [1.807, 2.05) is 18.2 Å². The number of nitrogens with one attached hydrogen (secondary N) is 1. The molecule has 6 heteroatoms. The van der Waals surface area contributed by atoms with Crippen molar-refractivity contribution in [1.82, 2.24) is 10.2 Å². The van der Waals surface area contributed by atoms with Crippen molar-refractivity contribution in [2.75, 3.05) is 0 Å². The van der Waals surface area contributed by atoms with Gasteiger partial charge < -0.3 is 4.90 Å². The van der Waals surface area contributed by atoms with Crippen molar-refractivity contribution in [2.24, 2.45) is 0 Å². The lowest BCUT2D eigenvalue weighted by molar-refractivity contribution is -0.136. The van der Waals surface area contributed by atoms with Gasteiger partial charge in [0.05, 0.1) is 0 Å². The number of rotatable bonds is 3. The molecule has 0 aliphatic carbocycles. The van der Waals surface area contributed by atoms with Gasteiger partial charge in [0, 0.05) is 28.3 Å². The quantitative estimate of drug-likeness (QED) is 0.831. The molecule has 5 nitrogen and oxygen atoms in total. The highest BCUT2D eigenvalue weighted by Gasteiger charge is 2.39. The average molecular weight is 380 g/mol. The van der Waals surface area contributed by atoms with E-state index in [1.165, 1.54) is 11.1 Å². The van der Waals surface area contributed by atoms with Crippen LogP contribution in [0.3, 0.4) is 0 Å². The second-order valence-electron chi connectivity index (χ2n) is 7.05. The summed E-state index contributed by atoms with van der Waals surface area (Å²) >= 11 is 1.65. The third-order valence-corrected chi connectivity index (χ3v) is 6.37. The molecule has 3 amide bonds. The van der Waals surface area contributed by atoms with Crippen LogP contribution in [0.4, 0.5) is 0 Å². The number of imide groups is 1. The van der Waals surface area contributed by atoms with E-state index in [0.29, 0.717) is 18.5 Å². The molecular formula is C21H20N2O3S. The number of piperidine rings is 1. The first-order valence-electron chi connectivity index (χ1n) is 8.95. The van der Waals surface area contributed by atoms with Crippen LogP contribution >= 0.6 is 11.8 Å². The zero-order valence-electron chi connectivity index (χ0n) is 15.2. The highest BCUT2D eigenvalue weighted by molar-refractivity contribution is 7.99. The Kier molecular flexibility index (Phi) is 4.52. The summed E-state index contributed by atoms with van der Waals surface area (Å²) in [6.07, 6.45) is 0.643. The molecule has 27 heavy (non-hydrogen) atoms. The molecule has 0 spiro atoms. The Balaban J connectivity index is 1.63. The molecule has 1 fully saturated rings. The van der Waals surface area contributed by atoms with Gasteiger partial charge in [0.25, 0.3) is 5.91 Å². The standard InChI is InChI=1S/C21H20N2O3S/c1-12-6-8-17(13(2)10-12)27-18-5-3-4-14-15(18)11-23(21(14)26)16-7-9-19(24)22-20(16)25/h3-6,8,10,16H,7,9,11H2,1-2H3,(H,22,24,25). The molecule has 1 atom stereocenters. The predicted octanol–water partition coefficient (Wildman–Crippen LogP) is 3.22. The molecule has 2 aliphatic rings. The van der Waals surface area contributed by atoms with Crippen LogP contribution in [0.15, 0.2) is 46.2 Å². The monoisotopic (exact) mass is 380 g/mol. The van der Waals surface area contributed by atoms with Crippen LogP contribution < -0.4 is 5.32 Å². The number of fused-ring (bicyclic) bond motifs is 1. The Morgan fingerprint density at radius 1 is 1.07 bits per heavy atom. The van der Waals surface area contributed by atoms with E-state index in [-0.39, 0.29) is 24.1 Å². The van der Waals surface area contributed by atoms with Crippen LogP contribution in [0.25, 0.3) is 0 Å². The highest BCUT2D eigenvalue weighted by Crippen LogP contribution is 2.38. The van der Waals surface area contributed by atoms with Gasteiger partial charge in [-0.2, -0.15) is 0 Å². The van der Waals surface area contributed by atoms with Crippen LogP contribution in [0.2, 0.25) is 0 Å². The van der Waals surface area contributed by atoms with Gasteiger partial charge in [-0.1, -0.05) is 35.5 Å². The van der Waals surface area contributed by atoms with Crippen molar-refractivity contribution >= 4 is 29.5 Å². The fraction of sp³-hybridized carbons (Fsp3) is 0.286. The number of nitrogens with zero attached hydrogens (tertiary/aromatic N) is 1. The average Bonchev–Trinajstić information content (AvgIpc) is 2.95. The molecule has 0 aromatic heterocycles. The first-order chi connectivity index (χ1) is 12.9. The number of amides is 3. The van der Waals surface area contributed by atoms with Crippen molar-refractivity contribution in [3.63, 3.8) is 0 Å². The Labute approximate surface area is 162 Å². The number of carbonyl (C=O) groups excluding carboxylic acids is 3. The number of hydrogen-bond donors (Lipinski definition) is 1. The summed E-state index contributed by atoms with van der Waals surface area (Å²) in [5.74, 6) is -0.787. The second-order valence-corrected chi connectivity index (χ2v) is 8.14. The summed E-state index contributed by atoms with van der Waals surface area (Å²) in [7, 11) is 0. The van der Waals surface area contributed by atoms with Crippen molar-refractivity contribution < 1.29 is 14.4 Å². The summed E-state index contributed by atoms with van der Waals surface area (Å²) in [5, 5.41) is 2.34.